The molecule has 8 nitrogen and oxygen atoms in total. The number of amides is 2. The van der Waals surface area contributed by atoms with Gasteiger partial charge in [0.25, 0.3) is 5.91 Å². The Bertz CT molecular complexity index is 1020. The van der Waals surface area contributed by atoms with Crippen molar-refractivity contribution in [3.8, 4) is 5.75 Å². The fraction of sp³-hybridized carbons (Fsp3) is 0.583. The van der Waals surface area contributed by atoms with Crippen LogP contribution in [0.25, 0.3) is 0 Å². The highest BCUT2D eigenvalue weighted by atomic mass is 16.5. The molecule has 5 rings (SSSR count). The molecular formula is C24H30N4O4. The van der Waals surface area contributed by atoms with E-state index in [1.54, 1.807) is 4.90 Å². The molecule has 1 aromatic heterocycles. The zero-order chi connectivity index (χ0) is 22.3. The van der Waals surface area contributed by atoms with E-state index in [2.05, 4.69) is 17.1 Å². The predicted molar refractivity (Wildman–Crippen MR) is 118 cm³/mol. The summed E-state index contributed by atoms with van der Waals surface area (Å²) in [5.74, 6) is 2.82. The molecule has 32 heavy (non-hydrogen) atoms. The molecule has 170 valence electrons. The third kappa shape index (κ3) is 4.10. The average molecular weight is 439 g/mol. The summed E-state index contributed by atoms with van der Waals surface area (Å²) in [6, 6.07) is 5.84. The standard InChI is InChI=1S/C24H30N4O4/c1-16-5-8-19-18(14-16)28(21(30)15-31-19)11-3-4-20(29)27-12-9-24(2,10-13-27)23-25-22(32-26-23)17-6-7-17/h5,8,14,17H,3-4,6-7,9-13,15H2,1-2H3. The molecule has 1 saturated heterocycles. The van der Waals surface area contributed by atoms with Crippen molar-refractivity contribution in [2.45, 2.75) is 63.7 Å². The number of piperidine rings is 1. The van der Waals surface area contributed by atoms with Crippen molar-refractivity contribution in [1.29, 1.82) is 0 Å². The Hall–Kier alpha value is -2.90. The van der Waals surface area contributed by atoms with Crippen LogP contribution in [0.15, 0.2) is 22.7 Å². The third-order valence-electron chi connectivity index (χ3n) is 6.96. The second-order valence-corrected chi connectivity index (χ2v) is 9.58. The molecule has 1 aliphatic carbocycles. The molecule has 8 heteroatoms. The Morgan fingerprint density at radius 1 is 1.25 bits per heavy atom. The molecular weight excluding hydrogens is 408 g/mol. The van der Waals surface area contributed by atoms with E-state index in [1.165, 1.54) is 0 Å². The van der Waals surface area contributed by atoms with Gasteiger partial charge < -0.3 is 19.1 Å². The molecule has 3 heterocycles. The van der Waals surface area contributed by atoms with Gasteiger partial charge in [-0.05, 0) is 56.7 Å². The number of aryl methyl sites for hydroxylation is 1. The average Bonchev–Trinajstić information content (AvgIpc) is 3.51. The summed E-state index contributed by atoms with van der Waals surface area (Å²) in [6.07, 6.45) is 5.00. The number of carbonyl (C=O) groups is 2. The molecule has 0 unspecified atom stereocenters. The van der Waals surface area contributed by atoms with E-state index in [9.17, 15) is 9.59 Å². The maximum atomic E-state index is 12.8. The molecule has 0 spiro atoms. The van der Waals surface area contributed by atoms with Crippen LogP contribution in [0.4, 0.5) is 5.69 Å². The van der Waals surface area contributed by atoms with Crippen LogP contribution in [0.1, 0.15) is 68.6 Å². The normalized spacial score (nSPS) is 20.1. The fourth-order valence-electron chi connectivity index (χ4n) is 4.55. The van der Waals surface area contributed by atoms with Crippen molar-refractivity contribution in [3.63, 3.8) is 0 Å². The zero-order valence-electron chi connectivity index (χ0n) is 18.8. The quantitative estimate of drug-likeness (QED) is 0.687. The molecule has 0 radical (unpaired) electrons. The molecule has 2 amide bonds. The molecule has 1 saturated carbocycles. The number of ether oxygens (including phenoxy) is 1. The minimum absolute atomic E-state index is 0.0489. The third-order valence-corrected chi connectivity index (χ3v) is 6.96. The summed E-state index contributed by atoms with van der Waals surface area (Å²) >= 11 is 0. The minimum atomic E-state index is -0.144. The molecule has 3 aliphatic rings. The SMILES string of the molecule is Cc1ccc2c(c1)N(CCCC(=O)N1CCC(C)(c3noc(C4CC4)n3)CC1)C(=O)CO2. The van der Waals surface area contributed by atoms with Crippen LogP contribution in [0.3, 0.4) is 0 Å². The van der Waals surface area contributed by atoms with Crippen LogP contribution in [0.5, 0.6) is 5.75 Å². The van der Waals surface area contributed by atoms with E-state index in [0.717, 1.165) is 54.4 Å². The Morgan fingerprint density at radius 2 is 2.03 bits per heavy atom. The number of aromatic nitrogens is 2. The number of hydrogen-bond donors (Lipinski definition) is 0. The first-order chi connectivity index (χ1) is 15.4. The second kappa shape index (κ2) is 8.22. The van der Waals surface area contributed by atoms with E-state index in [0.29, 0.717) is 38.4 Å². The van der Waals surface area contributed by atoms with E-state index < -0.39 is 0 Å². The number of carbonyl (C=O) groups excluding carboxylic acids is 2. The molecule has 0 bridgehead atoms. The van der Waals surface area contributed by atoms with Gasteiger partial charge in [-0.1, -0.05) is 18.1 Å². The van der Waals surface area contributed by atoms with Gasteiger partial charge in [0, 0.05) is 37.4 Å². The monoisotopic (exact) mass is 438 g/mol. The van der Waals surface area contributed by atoms with Gasteiger partial charge in [0.2, 0.25) is 11.8 Å². The van der Waals surface area contributed by atoms with Gasteiger partial charge in [0.05, 0.1) is 5.69 Å². The number of rotatable bonds is 6. The molecule has 0 N–H and O–H groups in total. The van der Waals surface area contributed by atoms with Gasteiger partial charge in [0.15, 0.2) is 12.4 Å². The highest BCUT2D eigenvalue weighted by Crippen LogP contribution is 2.41. The maximum Gasteiger partial charge on any atom is 0.265 e. The predicted octanol–water partition coefficient (Wildman–Crippen LogP) is 3.34. The Balaban J connectivity index is 1.13. The van der Waals surface area contributed by atoms with Crippen LogP contribution >= 0.6 is 0 Å². The topological polar surface area (TPSA) is 88.8 Å². The second-order valence-electron chi connectivity index (χ2n) is 9.58. The molecule has 2 aromatic rings. The lowest BCUT2D eigenvalue weighted by Crippen LogP contribution is -2.44. The van der Waals surface area contributed by atoms with Crippen molar-refractivity contribution in [3.05, 3.63) is 35.5 Å². The Morgan fingerprint density at radius 3 is 2.78 bits per heavy atom. The minimum Gasteiger partial charge on any atom is -0.482 e. The van der Waals surface area contributed by atoms with Crippen molar-refractivity contribution >= 4 is 17.5 Å². The van der Waals surface area contributed by atoms with E-state index in [1.807, 2.05) is 30.0 Å². The maximum absolute atomic E-state index is 12.8. The molecule has 2 aliphatic heterocycles. The summed E-state index contributed by atoms with van der Waals surface area (Å²) in [5, 5.41) is 4.24. The lowest BCUT2D eigenvalue weighted by molar-refractivity contribution is -0.133. The number of hydrogen-bond acceptors (Lipinski definition) is 6. The Labute approximate surface area is 187 Å². The van der Waals surface area contributed by atoms with Crippen molar-refractivity contribution in [2.24, 2.45) is 0 Å². The smallest absolute Gasteiger partial charge is 0.265 e. The van der Waals surface area contributed by atoms with Crippen molar-refractivity contribution in [1.82, 2.24) is 15.0 Å². The number of fused-ring (bicyclic) bond motifs is 1. The van der Waals surface area contributed by atoms with Gasteiger partial charge in [-0.3, -0.25) is 9.59 Å². The van der Waals surface area contributed by atoms with Crippen LogP contribution in [0, 0.1) is 6.92 Å². The first-order valence-corrected chi connectivity index (χ1v) is 11.6. The first-order valence-electron chi connectivity index (χ1n) is 11.6. The van der Waals surface area contributed by atoms with Gasteiger partial charge in [-0.2, -0.15) is 4.98 Å². The van der Waals surface area contributed by atoms with Crippen molar-refractivity contribution < 1.29 is 18.8 Å². The highest BCUT2D eigenvalue weighted by Gasteiger charge is 2.39. The van der Waals surface area contributed by atoms with Gasteiger partial charge in [0.1, 0.15) is 5.75 Å². The Kier molecular flexibility index (Phi) is 5.39. The number of nitrogens with zero attached hydrogens (tertiary/aromatic N) is 4. The van der Waals surface area contributed by atoms with E-state index >= 15 is 0 Å². The number of anilines is 1. The molecule has 1 aromatic carbocycles. The highest BCUT2D eigenvalue weighted by molar-refractivity contribution is 5.98. The van der Waals surface area contributed by atoms with Crippen LogP contribution in [0.2, 0.25) is 0 Å². The van der Waals surface area contributed by atoms with Gasteiger partial charge in [-0.15, -0.1) is 0 Å². The van der Waals surface area contributed by atoms with Gasteiger partial charge >= 0.3 is 0 Å². The first kappa shape index (κ1) is 21.0. The summed E-state index contributed by atoms with van der Waals surface area (Å²) in [6.45, 7) is 6.12. The summed E-state index contributed by atoms with van der Waals surface area (Å²) in [7, 11) is 0. The van der Waals surface area contributed by atoms with E-state index in [-0.39, 0.29) is 23.8 Å². The lowest BCUT2D eigenvalue weighted by atomic mass is 9.79. The summed E-state index contributed by atoms with van der Waals surface area (Å²) < 4.78 is 11.0. The zero-order valence-corrected chi connectivity index (χ0v) is 18.8. The molecule has 2 fully saturated rings. The van der Waals surface area contributed by atoms with Crippen LogP contribution < -0.4 is 9.64 Å². The number of benzene rings is 1. The summed E-state index contributed by atoms with van der Waals surface area (Å²) in [5.41, 5.74) is 1.73. The molecule has 0 atom stereocenters. The fourth-order valence-corrected chi connectivity index (χ4v) is 4.55. The van der Waals surface area contributed by atoms with Crippen LogP contribution in [-0.2, 0) is 15.0 Å². The van der Waals surface area contributed by atoms with Crippen LogP contribution in [-0.4, -0.2) is 53.1 Å². The van der Waals surface area contributed by atoms with Crippen molar-refractivity contribution in [2.75, 3.05) is 31.1 Å². The summed E-state index contributed by atoms with van der Waals surface area (Å²) in [4.78, 5) is 33.5. The van der Waals surface area contributed by atoms with E-state index in [4.69, 9.17) is 9.26 Å². The lowest BCUT2D eigenvalue weighted by Gasteiger charge is -2.37. The van der Waals surface area contributed by atoms with Gasteiger partial charge in [-0.25, -0.2) is 0 Å². The number of likely N-dealkylation sites (tertiary alicyclic amines) is 1. The largest absolute Gasteiger partial charge is 0.482 e.